The molecule has 0 spiro atoms. The average molecular weight is 939 g/mol. The number of aliphatic hydroxyl groups excluding tert-OH is 3. The fraction of sp³-hybridized carbons (Fsp3) is 0.769. The maximum Gasteiger partial charge on any atom is 0.306 e. The van der Waals surface area contributed by atoms with Gasteiger partial charge in [-0.05, 0) is 77.0 Å². The highest BCUT2D eigenvalue weighted by Crippen LogP contribution is 2.24. The van der Waals surface area contributed by atoms with Crippen molar-refractivity contribution >= 4 is 22.1 Å². The van der Waals surface area contributed by atoms with Gasteiger partial charge in [0.15, 0.2) is 12.4 Å². The topological polar surface area (TPSA) is 186 Å². The second-order valence-electron chi connectivity index (χ2n) is 17.4. The SMILES string of the molecule is CC/C=C\C/C=C\C/C=C\C/C=C\CCCCCCCCCCCCC(=O)OC(COC(=O)CCCCCCC/C=C\CCCCCCC)COC1OC(CS(=O)(=O)O)C(O)C(O)C1O. The van der Waals surface area contributed by atoms with Crippen molar-refractivity contribution in [1.82, 2.24) is 0 Å². The molecule has 0 aromatic heterocycles. The molecule has 0 radical (unpaired) electrons. The van der Waals surface area contributed by atoms with Gasteiger partial charge >= 0.3 is 11.9 Å². The van der Waals surface area contributed by atoms with Crippen molar-refractivity contribution in [2.24, 2.45) is 0 Å². The third-order valence-corrected chi connectivity index (χ3v) is 12.1. The fourth-order valence-electron chi connectivity index (χ4n) is 7.43. The molecule has 0 bridgehead atoms. The Hall–Kier alpha value is -2.65. The maximum absolute atomic E-state index is 12.9. The van der Waals surface area contributed by atoms with Gasteiger partial charge in [-0.15, -0.1) is 0 Å². The van der Waals surface area contributed by atoms with Crippen LogP contribution in [-0.2, 0) is 38.7 Å². The normalized spacial score (nSPS) is 20.0. The quantitative estimate of drug-likeness (QED) is 0.0197. The van der Waals surface area contributed by atoms with Crippen molar-refractivity contribution in [1.29, 1.82) is 0 Å². The molecule has 376 valence electrons. The van der Waals surface area contributed by atoms with Crippen LogP contribution in [-0.4, -0.2) is 96.0 Å². The molecule has 12 nitrogen and oxygen atoms in total. The lowest BCUT2D eigenvalue weighted by Crippen LogP contribution is -2.60. The lowest BCUT2D eigenvalue weighted by molar-refractivity contribution is -0.297. The van der Waals surface area contributed by atoms with E-state index in [1.807, 2.05) is 0 Å². The lowest BCUT2D eigenvalue weighted by atomic mass is 10.00. The van der Waals surface area contributed by atoms with E-state index in [1.54, 1.807) is 0 Å². The van der Waals surface area contributed by atoms with Gasteiger partial charge in [0.25, 0.3) is 10.1 Å². The average Bonchev–Trinajstić information content (AvgIpc) is 3.27. The van der Waals surface area contributed by atoms with E-state index < -0.39 is 71.2 Å². The van der Waals surface area contributed by atoms with E-state index in [0.717, 1.165) is 96.3 Å². The van der Waals surface area contributed by atoms with Crippen LogP contribution >= 0.6 is 0 Å². The minimum atomic E-state index is -4.61. The van der Waals surface area contributed by atoms with Gasteiger partial charge in [0.05, 0.1) is 6.61 Å². The third kappa shape index (κ3) is 36.1. The predicted octanol–water partition coefficient (Wildman–Crippen LogP) is 11.3. The molecule has 0 aromatic rings. The molecule has 6 unspecified atom stereocenters. The summed E-state index contributed by atoms with van der Waals surface area (Å²) in [6, 6.07) is 0. The van der Waals surface area contributed by atoms with E-state index in [0.29, 0.717) is 12.8 Å². The molecule has 4 N–H and O–H groups in total. The summed E-state index contributed by atoms with van der Waals surface area (Å²) < 4.78 is 54.2. The predicted molar refractivity (Wildman–Crippen MR) is 261 cm³/mol. The Morgan fingerprint density at radius 1 is 0.538 bits per heavy atom. The second-order valence-corrected chi connectivity index (χ2v) is 18.9. The van der Waals surface area contributed by atoms with Crippen LogP contribution in [0, 0.1) is 0 Å². The Morgan fingerprint density at radius 3 is 1.46 bits per heavy atom. The molecule has 0 aliphatic carbocycles. The van der Waals surface area contributed by atoms with Crippen molar-refractivity contribution < 1.29 is 56.8 Å². The monoisotopic (exact) mass is 939 g/mol. The van der Waals surface area contributed by atoms with E-state index >= 15 is 0 Å². The second kappa shape index (κ2) is 41.5. The van der Waals surface area contributed by atoms with Crippen LogP contribution in [0.2, 0.25) is 0 Å². The van der Waals surface area contributed by atoms with Crippen molar-refractivity contribution in [2.45, 2.75) is 237 Å². The highest BCUT2D eigenvalue weighted by Gasteiger charge is 2.46. The van der Waals surface area contributed by atoms with Crippen LogP contribution in [0.15, 0.2) is 60.8 Å². The zero-order chi connectivity index (χ0) is 47.6. The number of hydrogen-bond donors (Lipinski definition) is 4. The van der Waals surface area contributed by atoms with Gasteiger partial charge in [0, 0.05) is 12.8 Å². The van der Waals surface area contributed by atoms with Crippen LogP contribution in [0.25, 0.3) is 0 Å². The number of rotatable bonds is 42. The fourth-order valence-corrected chi connectivity index (χ4v) is 8.12. The number of esters is 2. The summed E-state index contributed by atoms with van der Waals surface area (Å²) in [5, 5.41) is 31.0. The van der Waals surface area contributed by atoms with Crippen LogP contribution < -0.4 is 0 Å². The summed E-state index contributed by atoms with van der Waals surface area (Å²) in [7, 11) is -4.61. The van der Waals surface area contributed by atoms with Gasteiger partial charge < -0.3 is 34.3 Å². The van der Waals surface area contributed by atoms with Crippen LogP contribution in [0.1, 0.15) is 200 Å². The number of aliphatic hydroxyl groups is 3. The first kappa shape index (κ1) is 60.4. The van der Waals surface area contributed by atoms with Crippen molar-refractivity contribution in [2.75, 3.05) is 19.0 Å². The zero-order valence-corrected chi connectivity index (χ0v) is 41.1. The van der Waals surface area contributed by atoms with E-state index in [-0.39, 0.29) is 19.4 Å². The standard InChI is InChI=1S/C52H90O12S/c1-3-5-7-9-11-13-15-17-19-20-21-22-23-24-25-26-27-29-31-33-35-37-39-41-48(54)63-45(43-62-52-51(57)50(56)49(55)46(64-52)44-65(58,59)60)42-61-47(53)40-38-36-34-32-30-28-18-16-14-12-10-8-6-4-2/h5,7,11,13,16-19,21-22,45-46,49-52,55-57H,3-4,6,8-10,12,14-15,20,23-44H2,1-2H3,(H,58,59,60)/b7-5-,13-11-,18-16-,19-17-,22-21-. The van der Waals surface area contributed by atoms with Gasteiger partial charge in [-0.1, -0.05) is 171 Å². The van der Waals surface area contributed by atoms with E-state index in [1.165, 1.54) is 64.2 Å². The molecule has 1 aliphatic rings. The number of unbranched alkanes of at least 4 members (excludes halogenated alkanes) is 20. The molecule has 0 amide bonds. The number of allylic oxidation sites excluding steroid dienone is 10. The molecule has 0 saturated carbocycles. The summed E-state index contributed by atoms with van der Waals surface area (Å²) in [5.41, 5.74) is 0. The van der Waals surface area contributed by atoms with Gasteiger partial charge in [0.1, 0.15) is 36.8 Å². The number of carbonyl (C=O) groups excluding carboxylic acids is 2. The Morgan fingerprint density at radius 2 is 0.969 bits per heavy atom. The van der Waals surface area contributed by atoms with Gasteiger partial charge in [-0.2, -0.15) is 8.42 Å². The molecule has 6 atom stereocenters. The van der Waals surface area contributed by atoms with Crippen molar-refractivity contribution in [3.63, 3.8) is 0 Å². The molecular weight excluding hydrogens is 849 g/mol. The van der Waals surface area contributed by atoms with Crippen LogP contribution in [0.5, 0.6) is 0 Å². The Kier molecular flexibility index (Phi) is 38.6. The van der Waals surface area contributed by atoms with Gasteiger partial charge in [-0.3, -0.25) is 14.1 Å². The summed E-state index contributed by atoms with van der Waals surface area (Å²) in [5.74, 6) is -2.00. The van der Waals surface area contributed by atoms with Gasteiger partial charge in [0.2, 0.25) is 0 Å². The molecule has 0 aromatic carbocycles. The van der Waals surface area contributed by atoms with Gasteiger partial charge in [-0.25, -0.2) is 0 Å². The molecule has 1 aliphatic heterocycles. The number of hydrogen-bond acceptors (Lipinski definition) is 11. The summed E-state index contributed by atoms with van der Waals surface area (Å²) >= 11 is 0. The molecule has 1 saturated heterocycles. The summed E-state index contributed by atoms with van der Waals surface area (Å²) in [4.78, 5) is 25.5. The molecule has 1 fully saturated rings. The third-order valence-electron chi connectivity index (χ3n) is 11.3. The van der Waals surface area contributed by atoms with E-state index in [9.17, 15) is 37.9 Å². The van der Waals surface area contributed by atoms with Crippen molar-refractivity contribution in [3.05, 3.63) is 60.8 Å². The zero-order valence-electron chi connectivity index (χ0n) is 40.3. The van der Waals surface area contributed by atoms with Crippen LogP contribution in [0.4, 0.5) is 0 Å². The highest BCUT2D eigenvalue weighted by atomic mass is 32.2. The molecule has 13 heteroatoms. The summed E-state index contributed by atoms with van der Waals surface area (Å²) in [6.45, 7) is 3.64. The molecule has 1 heterocycles. The molecule has 65 heavy (non-hydrogen) atoms. The van der Waals surface area contributed by atoms with Crippen molar-refractivity contribution in [3.8, 4) is 0 Å². The Balaban J connectivity index is 2.37. The molecular formula is C52H90O12S. The first-order valence-electron chi connectivity index (χ1n) is 25.3. The number of ether oxygens (including phenoxy) is 4. The minimum absolute atomic E-state index is 0.155. The van der Waals surface area contributed by atoms with E-state index in [4.69, 9.17) is 18.9 Å². The van der Waals surface area contributed by atoms with Crippen LogP contribution in [0.3, 0.4) is 0 Å². The first-order valence-corrected chi connectivity index (χ1v) is 27.0. The Labute approximate surface area is 394 Å². The maximum atomic E-state index is 12.9. The highest BCUT2D eigenvalue weighted by molar-refractivity contribution is 7.85. The Bertz CT molecular complexity index is 1420. The lowest BCUT2D eigenvalue weighted by Gasteiger charge is -2.40. The minimum Gasteiger partial charge on any atom is -0.462 e. The summed E-state index contributed by atoms with van der Waals surface area (Å²) in [6.07, 6.45) is 42.6. The molecule has 1 rings (SSSR count). The first-order chi connectivity index (χ1) is 31.5. The smallest absolute Gasteiger partial charge is 0.306 e. The number of carbonyl (C=O) groups is 2. The van der Waals surface area contributed by atoms with E-state index in [2.05, 4.69) is 74.6 Å². The largest absolute Gasteiger partial charge is 0.462 e.